The SMILES string of the molecule is CC(C)COC(C)[Si]1(C(C)C)O[Si](C(C)C)(C(C)OCC(C)C)O[Si](C(C)C)(C(C)OCC(C)C)O[Si](C(C)C)(C(C)OCC(C)C)O1. The molecule has 0 aromatic heterocycles. The highest BCUT2D eigenvalue weighted by Crippen LogP contribution is 2.50. The lowest BCUT2D eigenvalue weighted by Crippen LogP contribution is -2.81. The molecule has 0 aromatic rings. The molecule has 48 heavy (non-hydrogen) atoms. The van der Waals surface area contributed by atoms with E-state index in [0.717, 1.165) is 0 Å². The van der Waals surface area contributed by atoms with Crippen molar-refractivity contribution in [2.45, 2.75) is 184 Å². The molecular weight excluding hydrogens is 673 g/mol. The monoisotopic (exact) mass is 752 g/mol. The molecule has 1 saturated heterocycles. The number of hydrogen-bond acceptors (Lipinski definition) is 8. The molecule has 0 bridgehead atoms. The van der Waals surface area contributed by atoms with Gasteiger partial charge in [0.15, 0.2) is 0 Å². The summed E-state index contributed by atoms with van der Waals surface area (Å²) < 4.78 is 59.1. The minimum atomic E-state index is -3.34. The summed E-state index contributed by atoms with van der Waals surface area (Å²) in [5.41, 5.74) is -0.940. The molecule has 8 nitrogen and oxygen atoms in total. The zero-order chi connectivity index (χ0) is 37.4. The van der Waals surface area contributed by atoms with E-state index in [-0.39, 0.29) is 45.1 Å². The molecule has 1 aliphatic rings. The Morgan fingerprint density at radius 2 is 0.438 bits per heavy atom. The molecule has 0 amide bonds. The van der Waals surface area contributed by atoms with Crippen LogP contribution in [-0.4, -0.2) is 83.6 Å². The molecule has 4 unspecified atom stereocenters. The van der Waals surface area contributed by atoms with Crippen LogP contribution in [0.25, 0.3) is 0 Å². The average molecular weight is 753 g/mol. The van der Waals surface area contributed by atoms with Crippen LogP contribution in [0.5, 0.6) is 0 Å². The van der Waals surface area contributed by atoms with Crippen molar-refractivity contribution in [3.8, 4) is 0 Å². The van der Waals surface area contributed by atoms with Gasteiger partial charge >= 0.3 is 34.2 Å². The van der Waals surface area contributed by atoms with Crippen LogP contribution < -0.4 is 0 Å². The Kier molecular flexibility index (Phi) is 19.0. The van der Waals surface area contributed by atoms with Gasteiger partial charge < -0.3 is 35.4 Å². The van der Waals surface area contributed by atoms with Gasteiger partial charge in [-0.25, -0.2) is 0 Å². The first-order valence-corrected chi connectivity index (χ1v) is 27.1. The fraction of sp³-hybridized carbons (Fsp3) is 1.00. The van der Waals surface area contributed by atoms with E-state index in [4.69, 9.17) is 35.4 Å². The van der Waals surface area contributed by atoms with E-state index in [9.17, 15) is 0 Å². The fourth-order valence-corrected chi connectivity index (χ4v) is 34.4. The Bertz CT molecular complexity index is 762. The van der Waals surface area contributed by atoms with E-state index >= 15 is 0 Å². The van der Waals surface area contributed by atoms with Crippen LogP contribution in [0.15, 0.2) is 0 Å². The van der Waals surface area contributed by atoms with Gasteiger partial charge in [-0.3, -0.25) is 0 Å². The van der Waals surface area contributed by atoms with Gasteiger partial charge in [0.2, 0.25) is 0 Å². The molecular formula is C36H80O8Si4. The van der Waals surface area contributed by atoms with Crippen molar-refractivity contribution in [3.05, 3.63) is 0 Å². The lowest BCUT2D eigenvalue weighted by molar-refractivity contribution is 0.0103. The third-order valence-electron chi connectivity index (χ3n) is 9.48. The predicted octanol–water partition coefficient (Wildman–Crippen LogP) is 9.88. The molecule has 1 aliphatic heterocycles. The summed E-state index contributed by atoms with van der Waals surface area (Å²) in [4.78, 5) is 0. The van der Waals surface area contributed by atoms with Gasteiger partial charge in [-0.15, -0.1) is 0 Å². The van der Waals surface area contributed by atoms with Crippen molar-refractivity contribution >= 4 is 34.2 Å². The summed E-state index contributed by atoms with van der Waals surface area (Å²) in [7, 11) is -13.4. The highest BCUT2D eigenvalue weighted by Gasteiger charge is 2.71. The zero-order valence-electron chi connectivity index (χ0n) is 35.0. The summed E-state index contributed by atoms with van der Waals surface area (Å²) in [5, 5.41) is 0. The van der Waals surface area contributed by atoms with Crippen molar-refractivity contribution in [1.82, 2.24) is 0 Å². The minimum absolute atomic E-state index is 0.0422. The van der Waals surface area contributed by atoms with Crippen LogP contribution in [-0.2, 0) is 35.4 Å². The van der Waals surface area contributed by atoms with E-state index in [2.05, 4.69) is 138 Å². The summed E-state index contributed by atoms with van der Waals surface area (Å²) in [6.45, 7) is 46.5. The summed E-state index contributed by atoms with van der Waals surface area (Å²) in [6.07, 6.45) is 0. The van der Waals surface area contributed by atoms with Crippen molar-refractivity contribution in [3.63, 3.8) is 0 Å². The van der Waals surface area contributed by atoms with Crippen LogP contribution in [0, 0.1) is 23.7 Å². The molecule has 4 atom stereocenters. The highest BCUT2D eigenvalue weighted by molar-refractivity contribution is 6.97. The standard InChI is InChI=1S/C36H80O8Si4/c1-25(2)21-37-33(17)45(29(9)10)41-46(30(11)12,34(18)38-22-26(3)4)43-48(32(15)16,36(20)40-24-28(7)8)44-47(42-45,31(13)14)35(19)39-23-27(5)6/h25-36H,21-24H2,1-20H3. The van der Waals surface area contributed by atoms with Crippen molar-refractivity contribution in [2.24, 2.45) is 23.7 Å². The lowest BCUT2D eigenvalue weighted by Gasteiger charge is -2.60. The van der Waals surface area contributed by atoms with Crippen molar-refractivity contribution < 1.29 is 35.4 Å². The topological polar surface area (TPSA) is 73.8 Å². The van der Waals surface area contributed by atoms with Crippen molar-refractivity contribution in [1.29, 1.82) is 0 Å². The zero-order valence-corrected chi connectivity index (χ0v) is 39.0. The van der Waals surface area contributed by atoms with Crippen LogP contribution in [0.4, 0.5) is 0 Å². The largest absolute Gasteiger partial charge is 0.412 e. The molecule has 0 N–H and O–H groups in total. The van der Waals surface area contributed by atoms with Crippen LogP contribution in [0.3, 0.4) is 0 Å². The van der Waals surface area contributed by atoms with E-state index in [1.165, 1.54) is 0 Å². The summed E-state index contributed by atoms with van der Waals surface area (Å²) >= 11 is 0. The second-order valence-corrected chi connectivity index (χ2v) is 34.3. The maximum Gasteiger partial charge on any atom is 0.352 e. The summed E-state index contributed by atoms with van der Waals surface area (Å²) in [6, 6.07) is 0. The Morgan fingerprint density at radius 1 is 0.292 bits per heavy atom. The predicted molar refractivity (Wildman–Crippen MR) is 209 cm³/mol. The first-order chi connectivity index (χ1) is 22.0. The molecule has 0 aliphatic carbocycles. The Hall–Kier alpha value is 0.548. The Morgan fingerprint density at radius 3 is 0.542 bits per heavy atom. The highest BCUT2D eigenvalue weighted by atomic mass is 28.5. The maximum absolute atomic E-state index is 8.00. The van der Waals surface area contributed by atoms with Gasteiger partial charge in [0, 0.05) is 26.4 Å². The normalized spacial score (nSPS) is 30.2. The number of hydrogen-bond donors (Lipinski definition) is 0. The van der Waals surface area contributed by atoms with Crippen LogP contribution >= 0.6 is 0 Å². The first kappa shape index (κ1) is 46.6. The second-order valence-electron chi connectivity index (χ2n) is 17.4. The van der Waals surface area contributed by atoms with Gasteiger partial charge in [-0.1, -0.05) is 111 Å². The van der Waals surface area contributed by atoms with Crippen LogP contribution in [0.1, 0.15) is 138 Å². The quantitative estimate of drug-likeness (QED) is 0.114. The van der Waals surface area contributed by atoms with E-state index in [1.54, 1.807) is 0 Å². The molecule has 0 spiro atoms. The van der Waals surface area contributed by atoms with E-state index in [0.29, 0.717) is 50.1 Å². The molecule has 12 heteroatoms. The van der Waals surface area contributed by atoms with E-state index in [1.807, 2.05) is 0 Å². The molecule has 0 aromatic carbocycles. The second kappa shape index (κ2) is 19.6. The van der Waals surface area contributed by atoms with Gasteiger partial charge in [0.25, 0.3) is 0 Å². The molecule has 0 radical (unpaired) electrons. The number of ether oxygens (including phenoxy) is 4. The smallest absolute Gasteiger partial charge is 0.352 e. The number of rotatable bonds is 20. The third-order valence-corrected chi connectivity index (χ3v) is 31.3. The van der Waals surface area contributed by atoms with Gasteiger partial charge in [-0.05, 0) is 73.5 Å². The van der Waals surface area contributed by atoms with Gasteiger partial charge in [0.05, 0.1) is 22.9 Å². The first-order valence-electron chi connectivity index (χ1n) is 19.2. The molecule has 1 fully saturated rings. The molecule has 0 saturated carbocycles. The molecule has 288 valence electrons. The Balaban J connectivity index is 4.38. The minimum Gasteiger partial charge on any atom is -0.412 e. The van der Waals surface area contributed by atoms with Gasteiger partial charge in [-0.2, -0.15) is 0 Å². The van der Waals surface area contributed by atoms with Crippen molar-refractivity contribution in [2.75, 3.05) is 26.4 Å². The maximum atomic E-state index is 8.00. The Labute approximate surface area is 302 Å². The fourth-order valence-electron chi connectivity index (χ4n) is 6.38. The lowest BCUT2D eigenvalue weighted by atomic mass is 10.2. The van der Waals surface area contributed by atoms with E-state index < -0.39 is 34.2 Å². The molecule has 1 rings (SSSR count). The van der Waals surface area contributed by atoms with Crippen LogP contribution in [0.2, 0.25) is 22.2 Å². The third kappa shape index (κ3) is 11.3. The average Bonchev–Trinajstić information content (AvgIpc) is 2.95. The van der Waals surface area contributed by atoms with Gasteiger partial charge in [0.1, 0.15) is 0 Å². The summed E-state index contributed by atoms with van der Waals surface area (Å²) in [5.74, 6) is 1.47. The molecule has 1 heterocycles.